The van der Waals surface area contributed by atoms with Crippen LogP contribution < -0.4 is 25.2 Å². The highest BCUT2D eigenvalue weighted by Crippen LogP contribution is 2.39. The molecule has 20 heteroatoms. The second kappa shape index (κ2) is 26.9. The van der Waals surface area contributed by atoms with E-state index in [2.05, 4.69) is 59.0 Å². The molecule has 0 unspecified atom stereocenters. The van der Waals surface area contributed by atoms with Gasteiger partial charge in [0.2, 0.25) is 0 Å². The first kappa shape index (κ1) is 57.0. The van der Waals surface area contributed by atoms with Crippen molar-refractivity contribution in [3.8, 4) is 22.3 Å². The molecular formula is C57H71ClN10O7S2. The molecule has 2 aliphatic rings. The monoisotopic (exact) mass is 1110 g/mol. The van der Waals surface area contributed by atoms with Gasteiger partial charge in [0, 0.05) is 128 Å². The second-order valence-corrected chi connectivity index (χ2v) is 23.2. The lowest BCUT2D eigenvalue weighted by atomic mass is 9.96. The van der Waals surface area contributed by atoms with E-state index in [0.717, 1.165) is 110 Å². The first-order valence-corrected chi connectivity index (χ1v) is 29.1. The molecule has 1 amide bonds. The number of carbonyl (C=O) groups excluding carboxylic acids is 1. The summed E-state index contributed by atoms with van der Waals surface area (Å²) in [6.45, 7) is 9.05. The van der Waals surface area contributed by atoms with Gasteiger partial charge in [0.1, 0.15) is 11.4 Å². The molecule has 0 spiro atoms. The maximum Gasteiger partial charge on any atom is 0.293 e. The zero-order valence-corrected chi connectivity index (χ0v) is 46.4. The number of benzene rings is 5. The number of sulfonamides is 1. The smallest absolute Gasteiger partial charge is 0.293 e. The molecule has 2 fully saturated rings. The molecule has 6 aromatic rings. The van der Waals surface area contributed by atoms with Crippen molar-refractivity contribution in [2.24, 2.45) is 0 Å². The molecule has 1 aromatic heterocycles. The van der Waals surface area contributed by atoms with Crippen molar-refractivity contribution in [2.75, 3.05) is 125 Å². The standard InChI is InChI=1S/C57H71ClN10O7S2/c1-62(2)28-24-46(41-76-50-8-5-4-6-9-50)60-53-23-22-51(38-54(53)68(72)73)77(74,75)61-45-16-20-48(21-17-45)66-36-34-65(35-37-66)47-18-12-43(13-19-47)55-52(42-10-14-44(58)15-11-42)39-67(29-25-49(70)40-69)56(55)57(71)59-26-7-27-64-32-30-63(3)31-33-64/h4-6,8-23,38-39,46,49,60-61,69-70H,7,24-37,40-41H2,1-3H3,(H,59,71)/t46-,49+/m1/s1. The molecule has 0 aliphatic carbocycles. The highest BCUT2D eigenvalue weighted by molar-refractivity contribution is 7.99. The Morgan fingerprint density at radius 3 is 2.08 bits per heavy atom. The van der Waals surface area contributed by atoms with Gasteiger partial charge in [0.25, 0.3) is 21.6 Å². The van der Waals surface area contributed by atoms with Crippen molar-refractivity contribution in [3.63, 3.8) is 0 Å². The third-order valence-electron chi connectivity index (χ3n) is 14.1. The van der Waals surface area contributed by atoms with Crippen molar-refractivity contribution >= 4 is 67.7 Å². The minimum atomic E-state index is -4.18. The topological polar surface area (TPSA) is 192 Å². The number of carbonyl (C=O) groups is 1. The fraction of sp³-hybridized carbons (Fsp3) is 0.386. The molecule has 0 radical (unpaired) electrons. The number of thioether (sulfide) groups is 1. The van der Waals surface area contributed by atoms with Gasteiger partial charge in [-0.1, -0.05) is 54.1 Å². The summed E-state index contributed by atoms with van der Waals surface area (Å²) in [6, 6.07) is 36.7. The Hall–Kier alpha value is -6.16. The number of aryl methyl sites for hydroxylation is 1. The summed E-state index contributed by atoms with van der Waals surface area (Å²) in [5.41, 5.74) is 6.08. The van der Waals surface area contributed by atoms with Crippen LogP contribution >= 0.6 is 23.4 Å². The summed E-state index contributed by atoms with van der Waals surface area (Å²) in [6.07, 6.45) is 2.82. The minimum Gasteiger partial charge on any atom is -0.394 e. The molecule has 2 atom stereocenters. The van der Waals surface area contributed by atoms with E-state index in [1.165, 1.54) is 12.1 Å². The Labute approximate surface area is 462 Å². The zero-order valence-electron chi connectivity index (χ0n) is 44.1. The van der Waals surface area contributed by atoms with Gasteiger partial charge in [-0.25, -0.2) is 8.42 Å². The molecule has 0 bridgehead atoms. The number of rotatable bonds is 25. The fourth-order valence-electron chi connectivity index (χ4n) is 9.67. The maximum atomic E-state index is 14.4. The summed E-state index contributed by atoms with van der Waals surface area (Å²) in [7, 11) is 1.91. The van der Waals surface area contributed by atoms with Gasteiger partial charge in [-0.3, -0.25) is 19.6 Å². The molecule has 2 saturated heterocycles. The predicted molar refractivity (Wildman–Crippen MR) is 311 cm³/mol. The Morgan fingerprint density at radius 2 is 1.45 bits per heavy atom. The lowest BCUT2D eigenvalue weighted by molar-refractivity contribution is -0.384. The van der Waals surface area contributed by atoms with E-state index in [-0.39, 0.29) is 41.2 Å². The van der Waals surface area contributed by atoms with Crippen LogP contribution in [0.4, 0.5) is 28.4 Å². The quantitative estimate of drug-likeness (QED) is 0.0160. The Balaban J connectivity index is 0.920. The van der Waals surface area contributed by atoms with Crippen LogP contribution in [0.3, 0.4) is 0 Å². The molecule has 3 heterocycles. The molecule has 2 aliphatic heterocycles. The van der Waals surface area contributed by atoms with Crippen LogP contribution in [0.5, 0.6) is 0 Å². The Bertz CT molecular complexity index is 2990. The number of aliphatic hydroxyl groups is 2. The number of nitrogens with zero attached hydrogens (tertiary/aromatic N) is 7. The van der Waals surface area contributed by atoms with Gasteiger partial charge in [0.05, 0.1) is 22.5 Å². The van der Waals surface area contributed by atoms with Gasteiger partial charge in [-0.2, -0.15) is 0 Å². The number of nitro benzene ring substituents is 1. The summed E-state index contributed by atoms with van der Waals surface area (Å²) >= 11 is 7.99. The van der Waals surface area contributed by atoms with Crippen LogP contribution in [0.25, 0.3) is 22.3 Å². The van der Waals surface area contributed by atoms with Crippen molar-refractivity contribution in [1.82, 2.24) is 24.6 Å². The third-order valence-corrected chi connectivity index (χ3v) is 16.9. The van der Waals surface area contributed by atoms with E-state index in [0.29, 0.717) is 48.3 Å². The molecule has 5 aromatic carbocycles. The van der Waals surface area contributed by atoms with Gasteiger partial charge >= 0.3 is 0 Å². The van der Waals surface area contributed by atoms with Crippen LogP contribution in [-0.4, -0.2) is 166 Å². The van der Waals surface area contributed by atoms with Crippen LogP contribution in [0.1, 0.15) is 29.8 Å². The summed E-state index contributed by atoms with van der Waals surface area (Å²) in [5, 5.41) is 39.5. The van der Waals surface area contributed by atoms with E-state index in [1.807, 2.05) is 104 Å². The third kappa shape index (κ3) is 15.5. The molecule has 5 N–H and O–H groups in total. The average Bonchev–Trinajstić information content (AvgIpc) is 3.83. The minimum absolute atomic E-state index is 0.120. The number of piperazine rings is 2. The van der Waals surface area contributed by atoms with Gasteiger partial charge in [-0.15, -0.1) is 11.8 Å². The number of amides is 1. The van der Waals surface area contributed by atoms with Crippen molar-refractivity contribution < 1.29 is 28.3 Å². The lowest BCUT2D eigenvalue weighted by Crippen LogP contribution is -2.46. The first-order chi connectivity index (χ1) is 37.1. The van der Waals surface area contributed by atoms with E-state index in [1.54, 1.807) is 23.9 Å². The molecule has 8 rings (SSSR count). The highest BCUT2D eigenvalue weighted by atomic mass is 35.5. The molecule has 410 valence electrons. The summed E-state index contributed by atoms with van der Waals surface area (Å²) < 4.78 is 31.9. The number of hydrogen-bond acceptors (Lipinski definition) is 14. The number of nitrogens with one attached hydrogen (secondary N) is 3. The van der Waals surface area contributed by atoms with Gasteiger partial charge in [-0.05, 0) is 137 Å². The number of likely N-dealkylation sites (N-methyl/N-ethyl adjacent to an activating group) is 1. The maximum absolute atomic E-state index is 14.4. The van der Waals surface area contributed by atoms with Crippen LogP contribution in [0, 0.1) is 10.1 Å². The average molecular weight is 1110 g/mol. The number of halogens is 1. The number of aromatic nitrogens is 1. The van der Waals surface area contributed by atoms with Crippen LogP contribution in [0.2, 0.25) is 5.02 Å². The van der Waals surface area contributed by atoms with Crippen LogP contribution in [0.15, 0.2) is 137 Å². The van der Waals surface area contributed by atoms with Crippen molar-refractivity contribution in [1.29, 1.82) is 0 Å². The molecule has 17 nitrogen and oxygen atoms in total. The zero-order chi connectivity index (χ0) is 54.5. The number of nitro groups is 1. The highest BCUT2D eigenvalue weighted by Gasteiger charge is 2.27. The molecule has 77 heavy (non-hydrogen) atoms. The Morgan fingerprint density at radius 1 is 0.818 bits per heavy atom. The van der Waals surface area contributed by atoms with E-state index in [9.17, 15) is 33.5 Å². The fourth-order valence-corrected chi connectivity index (χ4v) is 11.9. The molecule has 0 saturated carbocycles. The largest absolute Gasteiger partial charge is 0.394 e. The van der Waals surface area contributed by atoms with Gasteiger partial charge in [0.15, 0.2) is 0 Å². The number of anilines is 4. The van der Waals surface area contributed by atoms with Crippen molar-refractivity contribution in [2.45, 2.75) is 47.7 Å². The Kier molecular flexibility index (Phi) is 20.0. The second-order valence-electron chi connectivity index (χ2n) is 20.0. The SMILES string of the molecule is CN(C)CC[C@H](CSc1ccccc1)Nc1ccc(S(=O)(=O)Nc2ccc(N3CCN(c4ccc(-c5c(-c6ccc(Cl)cc6)cn(CC[C@H](O)CO)c5C(=O)NCCCN5CCN(C)CC5)cc4)CC3)cc2)cc1[N+](=O)[O-]. The van der Waals surface area contributed by atoms with E-state index >= 15 is 0 Å². The number of aliphatic hydroxyl groups excluding tert-OH is 2. The summed E-state index contributed by atoms with van der Waals surface area (Å²) in [5.74, 6) is 0.451. The number of hydrogen-bond donors (Lipinski definition) is 5. The van der Waals surface area contributed by atoms with E-state index in [4.69, 9.17) is 11.6 Å². The van der Waals surface area contributed by atoms with E-state index < -0.39 is 21.1 Å². The summed E-state index contributed by atoms with van der Waals surface area (Å²) in [4.78, 5) is 38.4. The first-order valence-electron chi connectivity index (χ1n) is 26.2. The van der Waals surface area contributed by atoms with Crippen LogP contribution in [-0.2, 0) is 16.6 Å². The lowest BCUT2D eigenvalue weighted by Gasteiger charge is -2.37. The molecular weight excluding hydrogens is 1040 g/mol. The normalized spacial score (nSPS) is 15.4. The predicted octanol–water partition coefficient (Wildman–Crippen LogP) is 8.15. The van der Waals surface area contributed by atoms with Gasteiger partial charge < -0.3 is 49.9 Å². The van der Waals surface area contributed by atoms with Crippen molar-refractivity contribution in [3.05, 3.63) is 148 Å².